The Bertz CT molecular complexity index is 974. The summed E-state index contributed by atoms with van der Waals surface area (Å²) in [6, 6.07) is 23.8. The van der Waals surface area contributed by atoms with Crippen molar-refractivity contribution in [2.24, 2.45) is 0 Å². The Morgan fingerprint density at radius 1 is 0.931 bits per heavy atom. The van der Waals surface area contributed by atoms with Gasteiger partial charge in [0, 0.05) is 16.3 Å². The molecule has 0 aliphatic rings. The van der Waals surface area contributed by atoms with E-state index in [2.05, 4.69) is 5.32 Å². The molecule has 3 aromatic rings. The minimum atomic E-state index is -0.861. The Labute approximate surface area is 174 Å². The molecule has 148 valence electrons. The zero-order valence-electron chi connectivity index (χ0n) is 15.8. The van der Waals surface area contributed by atoms with Crippen molar-refractivity contribution in [3.8, 4) is 16.9 Å². The predicted octanol–water partition coefficient (Wildman–Crippen LogP) is 4.96. The molecule has 0 saturated carbocycles. The van der Waals surface area contributed by atoms with Crippen molar-refractivity contribution < 1.29 is 19.1 Å². The number of esters is 1. The maximum Gasteiger partial charge on any atom is 0.347 e. The number of nitrogens with one attached hydrogen (secondary N) is 1. The molecule has 29 heavy (non-hydrogen) atoms. The van der Waals surface area contributed by atoms with Crippen LogP contribution in [0.15, 0.2) is 78.9 Å². The van der Waals surface area contributed by atoms with Gasteiger partial charge in [0.1, 0.15) is 5.75 Å². The van der Waals surface area contributed by atoms with E-state index in [0.29, 0.717) is 16.5 Å². The lowest BCUT2D eigenvalue weighted by molar-refractivity contribution is -0.153. The summed E-state index contributed by atoms with van der Waals surface area (Å²) in [5, 5.41) is 3.36. The van der Waals surface area contributed by atoms with Crippen LogP contribution in [0.25, 0.3) is 11.1 Å². The van der Waals surface area contributed by atoms with Crippen LogP contribution in [-0.2, 0) is 14.3 Å². The first-order chi connectivity index (χ1) is 14.0. The molecule has 0 heterocycles. The zero-order valence-corrected chi connectivity index (χ0v) is 16.6. The predicted molar refractivity (Wildman–Crippen MR) is 113 cm³/mol. The third-order valence-electron chi connectivity index (χ3n) is 4.09. The van der Waals surface area contributed by atoms with Crippen molar-refractivity contribution in [1.29, 1.82) is 0 Å². The van der Waals surface area contributed by atoms with Crippen molar-refractivity contribution in [2.75, 3.05) is 11.9 Å². The Morgan fingerprint density at radius 3 is 2.31 bits per heavy atom. The molecule has 0 saturated heterocycles. The molecule has 1 amide bonds. The fraction of sp³-hybridized carbons (Fsp3) is 0.130. The zero-order chi connectivity index (χ0) is 20.6. The van der Waals surface area contributed by atoms with Crippen LogP contribution in [0, 0.1) is 0 Å². The van der Waals surface area contributed by atoms with E-state index in [1.165, 1.54) is 0 Å². The first-order valence-electron chi connectivity index (χ1n) is 9.06. The van der Waals surface area contributed by atoms with Crippen LogP contribution < -0.4 is 10.1 Å². The highest BCUT2D eigenvalue weighted by Gasteiger charge is 2.18. The highest BCUT2D eigenvalue weighted by atomic mass is 35.5. The van der Waals surface area contributed by atoms with Crippen molar-refractivity contribution in [2.45, 2.75) is 13.0 Å². The van der Waals surface area contributed by atoms with Gasteiger partial charge in [0.15, 0.2) is 12.7 Å². The van der Waals surface area contributed by atoms with E-state index in [1.807, 2.05) is 48.5 Å². The number of carbonyl (C=O) groups excluding carboxylic acids is 2. The fourth-order valence-corrected chi connectivity index (χ4v) is 2.79. The molecule has 5 nitrogen and oxygen atoms in total. The summed E-state index contributed by atoms with van der Waals surface area (Å²) >= 11 is 5.82. The molecular formula is C23H20ClNO4. The van der Waals surface area contributed by atoms with Crippen LogP contribution in [0.3, 0.4) is 0 Å². The average Bonchev–Trinajstić information content (AvgIpc) is 2.74. The number of anilines is 1. The summed E-state index contributed by atoms with van der Waals surface area (Å²) in [6.45, 7) is 1.15. The number of carbonyl (C=O) groups is 2. The van der Waals surface area contributed by atoms with Gasteiger partial charge in [0.25, 0.3) is 5.91 Å². The molecule has 0 aromatic heterocycles. The molecule has 0 aliphatic heterocycles. The molecule has 0 radical (unpaired) electrons. The molecular weight excluding hydrogens is 390 g/mol. The third kappa shape index (κ3) is 5.83. The molecule has 0 bridgehead atoms. The Hall–Kier alpha value is -3.31. The lowest BCUT2D eigenvalue weighted by Crippen LogP contribution is -2.29. The highest BCUT2D eigenvalue weighted by molar-refractivity contribution is 6.30. The third-order valence-corrected chi connectivity index (χ3v) is 4.34. The van der Waals surface area contributed by atoms with Gasteiger partial charge in [-0.2, -0.15) is 0 Å². The summed E-state index contributed by atoms with van der Waals surface area (Å²) in [7, 11) is 0. The van der Waals surface area contributed by atoms with Crippen molar-refractivity contribution >= 4 is 29.2 Å². The van der Waals surface area contributed by atoms with E-state index < -0.39 is 24.6 Å². The topological polar surface area (TPSA) is 64.6 Å². The van der Waals surface area contributed by atoms with Gasteiger partial charge in [0.2, 0.25) is 0 Å². The van der Waals surface area contributed by atoms with E-state index in [0.717, 1.165) is 11.1 Å². The second-order valence-corrected chi connectivity index (χ2v) is 6.72. The first-order valence-corrected chi connectivity index (χ1v) is 9.44. The largest absolute Gasteiger partial charge is 0.479 e. The van der Waals surface area contributed by atoms with Crippen molar-refractivity contribution in [1.82, 2.24) is 0 Å². The minimum Gasteiger partial charge on any atom is -0.479 e. The van der Waals surface area contributed by atoms with E-state index in [1.54, 1.807) is 37.3 Å². The summed E-state index contributed by atoms with van der Waals surface area (Å²) in [5.41, 5.74) is 2.50. The first kappa shape index (κ1) is 20.4. The molecule has 0 aliphatic carbocycles. The van der Waals surface area contributed by atoms with E-state index in [9.17, 15) is 9.59 Å². The van der Waals surface area contributed by atoms with Gasteiger partial charge in [-0.1, -0.05) is 60.1 Å². The van der Waals surface area contributed by atoms with Gasteiger partial charge in [-0.3, -0.25) is 4.79 Å². The number of para-hydroxylation sites is 1. The van der Waals surface area contributed by atoms with Crippen molar-refractivity contribution in [3.05, 3.63) is 83.9 Å². The highest BCUT2D eigenvalue weighted by Crippen LogP contribution is 2.27. The van der Waals surface area contributed by atoms with E-state index in [4.69, 9.17) is 21.1 Å². The number of rotatable bonds is 7. The van der Waals surface area contributed by atoms with E-state index >= 15 is 0 Å². The smallest absolute Gasteiger partial charge is 0.347 e. The van der Waals surface area contributed by atoms with Crippen LogP contribution in [0.4, 0.5) is 5.69 Å². The van der Waals surface area contributed by atoms with Gasteiger partial charge in [0.05, 0.1) is 0 Å². The van der Waals surface area contributed by atoms with Crippen LogP contribution in [0.5, 0.6) is 5.75 Å². The molecule has 3 rings (SSSR count). The summed E-state index contributed by atoms with van der Waals surface area (Å²) < 4.78 is 10.6. The van der Waals surface area contributed by atoms with Gasteiger partial charge >= 0.3 is 5.97 Å². The van der Waals surface area contributed by atoms with Crippen LogP contribution in [0.2, 0.25) is 5.02 Å². The van der Waals surface area contributed by atoms with Crippen molar-refractivity contribution in [3.63, 3.8) is 0 Å². The normalized spacial score (nSPS) is 11.4. The maximum atomic E-state index is 12.3. The molecule has 0 unspecified atom stereocenters. The number of halogens is 1. The number of benzene rings is 3. The summed E-state index contributed by atoms with van der Waals surface area (Å²) in [5.74, 6) is -0.577. The molecule has 6 heteroatoms. The average molecular weight is 410 g/mol. The Morgan fingerprint density at radius 2 is 1.59 bits per heavy atom. The number of ether oxygens (including phenoxy) is 2. The maximum absolute atomic E-state index is 12.3. The van der Waals surface area contributed by atoms with Gasteiger partial charge in [-0.05, 0) is 42.8 Å². The second kappa shape index (κ2) is 9.75. The molecule has 0 fully saturated rings. The second-order valence-electron chi connectivity index (χ2n) is 6.28. The summed E-state index contributed by atoms with van der Waals surface area (Å²) in [6.07, 6.45) is -0.861. The SMILES string of the molecule is C[C@H](Oc1ccc(Cl)cc1)C(=O)OCC(=O)Nc1ccccc1-c1ccccc1. The van der Waals surface area contributed by atoms with Gasteiger partial charge in [-0.25, -0.2) is 4.79 Å². The monoisotopic (exact) mass is 409 g/mol. The van der Waals surface area contributed by atoms with Crippen LogP contribution >= 0.6 is 11.6 Å². The lowest BCUT2D eigenvalue weighted by atomic mass is 10.0. The number of amides is 1. The van der Waals surface area contributed by atoms with Crippen LogP contribution in [-0.4, -0.2) is 24.6 Å². The molecule has 0 spiro atoms. The standard InChI is InChI=1S/C23H20ClNO4/c1-16(29-19-13-11-18(24)12-14-19)23(27)28-15-22(26)25-21-10-6-5-9-20(21)17-7-3-2-4-8-17/h2-14,16H,15H2,1H3,(H,25,26)/t16-/m0/s1. The molecule has 1 N–H and O–H groups in total. The molecule has 1 atom stereocenters. The summed E-state index contributed by atoms with van der Waals surface area (Å²) in [4.78, 5) is 24.4. The Balaban J connectivity index is 1.55. The number of hydrogen-bond acceptors (Lipinski definition) is 4. The Kier molecular flexibility index (Phi) is 6.87. The minimum absolute atomic E-state index is 0.406. The van der Waals surface area contributed by atoms with Gasteiger partial charge < -0.3 is 14.8 Å². The number of hydrogen-bond donors (Lipinski definition) is 1. The molecule has 3 aromatic carbocycles. The quantitative estimate of drug-likeness (QED) is 0.560. The fourth-order valence-electron chi connectivity index (χ4n) is 2.67. The lowest BCUT2D eigenvalue weighted by Gasteiger charge is -2.15. The van der Waals surface area contributed by atoms with Gasteiger partial charge in [-0.15, -0.1) is 0 Å². The van der Waals surface area contributed by atoms with E-state index in [-0.39, 0.29) is 0 Å². The van der Waals surface area contributed by atoms with Crippen LogP contribution in [0.1, 0.15) is 6.92 Å².